The molecule has 0 bridgehead atoms. The van der Waals surface area contributed by atoms with Gasteiger partial charge in [0.1, 0.15) is 11.6 Å². The maximum absolute atomic E-state index is 12.0. The van der Waals surface area contributed by atoms with Crippen molar-refractivity contribution in [3.63, 3.8) is 0 Å². The van der Waals surface area contributed by atoms with Crippen LogP contribution in [-0.2, 0) is 10.2 Å². The zero-order valence-corrected chi connectivity index (χ0v) is 13.5. The first-order valence-corrected chi connectivity index (χ1v) is 7.31. The number of hydrogen-bond acceptors (Lipinski definition) is 2. The standard InChI is InChI=1S/C18H24N2O/c1-6-13(2)20-17(21)15(12-19)11-14-7-9-16(10-8-14)18(3,4)5/h7-11,13H,6H2,1-5H3,(H,20,21)/b15-11+/t13-/m0/s1. The summed E-state index contributed by atoms with van der Waals surface area (Å²) < 4.78 is 0. The topological polar surface area (TPSA) is 52.9 Å². The van der Waals surface area contributed by atoms with Crippen LogP contribution in [-0.4, -0.2) is 11.9 Å². The molecule has 0 heterocycles. The van der Waals surface area contributed by atoms with Gasteiger partial charge in [-0.15, -0.1) is 0 Å². The van der Waals surface area contributed by atoms with Crippen LogP contribution in [0.2, 0.25) is 0 Å². The normalized spacial score (nSPS) is 13.4. The molecule has 1 rings (SSSR count). The highest BCUT2D eigenvalue weighted by molar-refractivity contribution is 6.01. The quantitative estimate of drug-likeness (QED) is 0.675. The van der Waals surface area contributed by atoms with Crippen LogP contribution >= 0.6 is 0 Å². The van der Waals surface area contributed by atoms with Crippen molar-refractivity contribution in [3.05, 3.63) is 41.0 Å². The van der Waals surface area contributed by atoms with Crippen LogP contribution in [0.3, 0.4) is 0 Å². The number of nitriles is 1. The van der Waals surface area contributed by atoms with E-state index in [1.807, 2.05) is 44.2 Å². The molecule has 0 aliphatic carbocycles. The molecule has 0 unspecified atom stereocenters. The van der Waals surface area contributed by atoms with Crippen molar-refractivity contribution in [2.45, 2.75) is 52.5 Å². The molecule has 0 saturated carbocycles. The molecule has 0 aliphatic rings. The number of hydrogen-bond donors (Lipinski definition) is 1. The number of amides is 1. The van der Waals surface area contributed by atoms with E-state index in [1.165, 1.54) is 5.56 Å². The second-order valence-electron chi connectivity index (χ2n) is 6.32. The summed E-state index contributed by atoms with van der Waals surface area (Å²) in [5, 5.41) is 12.0. The molecule has 0 fully saturated rings. The first kappa shape index (κ1) is 17.0. The predicted octanol–water partition coefficient (Wildman–Crippen LogP) is 3.81. The molecule has 1 aromatic carbocycles. The molecule has 112 valence electrons. The van der Waals surface area contributed by atoms with E-state index >= 15 is 0 Å². The van der Waals surface area contributed by atoms with Crippen molar-refractivity contribution in [3.8, 4) is 6.07 Å². The summed E-state index contributed by atoms with van der Waals surface area (Å²) >= 11 is 0. The average Bonchev–Trinajstić information content (AvgIpc) is 2.43. The average molecular weight is 284 g/mol. The van der Waals surface area contributed by atoms with Crippen LogP contribution in [0.1, 0.15) is 52.2 Å². The number of rotatable bonds is 4. The van der Waals surface area contributed by atoms with E-state index < -0.39 is 0 Å². The van der Waals surface area contributed by atoms with E-state index in [0.29, 0.717) is 0 Å². The van der Waals surface area contributed by atoms with E-state index in [1.54, 1.807) is 6.08 Å². The fraction of sp³-hybridized carbons (Fsp3) is 0.444. The van der Waals surface area contributed by atoms with E-state index in [2.05, 4.69) is 26.1 Å². The van der Waals surface area contributed by atoms with Crippen molar-refractivity contribution in [1.82, 2.24) is 5.32 Å². The van der Waals surface area contributed by atoms with Crippen LogP contribution in [0.25, 0.3) is 6.08 Å². The molecule has 21 heavy (non-hydrogen) atoms. The molecule has 0 aliphatic heterocycles. The van der Waals surface area contributed by atoms with Gasteiger partial charge in [0, 0.05) is 6.04 Å². The van der Waals surface area contributed by atoms with Crippen LogP contribution in [0.4, 0.5) is 0 Å². The number of benzene rings is 1. The lowest BCUT2D eigenvalue weighted by Gasteiger charge is -2.18. The Kier molecular flexibility index (Phi) is 5.72. The highest BCUT2D eigenvalue weighted by Crippen LogP contribution is 2.22. The summed E-state index contributed by atoms with van der Waals surface area (Å²) in [5.74, 6) is -0.313. The van der Waals surface area contributed by atoms with Crippen molar-refractivity contribution in [2.75, 3.05) is 0 Å². The molecule has 1 N–H and O–H groups in total. The molecule has 1 aromatic rings. The Labute approximate surface area is 127 Å². The van der Waals surface area contributed by atoms with Gasteiger partial charge in [0.05, 0.1) is 0 Å². The molecule has 0 aromatic heterocycles. The maximum Gasteiger partial charge on any atom is 0.262 e. The maximum atomic E-state index is 12.0. The lowest BCUT2D eigenvalue weighted by molar-refractivity contribution is -0.117. The highest BCUT2D eigenvalue weighted by atomic mass is 16.1. The summed E-state index contributed by atoms with van der Waals surface area (Å²) in [7, 11) is 0. The summed E-state index contributed by atoms with van der Waals surface area (Å²) in [5.41, 5.74) is 2.31. The van der Waals surface area contributed by atoms with E-state index in [4.69, 9.17) is 5.26 Å². The van der Waals surface area contributed by atoms with Crippen LogP contribution in [0.5, 0.6) is 0 Å². The van der Waals surface area contributed by atoms with Crippen molar-refractivity contribution < 1.29 is 4.79 Å². The van der Waals surface area contributed by atoms with Crippen molar-refractivity contribution in [1.29, 1.82) is 5.26 Å². The molecule has 3 nitrogen and oxygen atoms in total. The minimum absolute atomic E-state index is 0.0671. The molecule has 1 amide bonds. The first-order valence-electron chi connectivity index (χ1n) is 7.31. The van der Waals surface area contributed by atoms with Crippen LogP contribution in [0.15, 0.2) is 29.8 Å². The first-order chi connectivity index (χ1) is 9.77. The van der Waals surface area contributed by atoms with Gasteiger partial charge in [0.25, 0.3) is 5.91 Å². The molecule has 1 atom stereocenters. The van der Waals surface area contributed by atoms with E-state index in [0.717, 1.165) is 12.0 Å². The Bertz CT molecular complexity index is 556. The monoisotopic (exact) mass is 284 g/mol. The SMILES string of the molecule is CC[C@H](C)NC(=O)/C(C#N)=C/c1ccc(C(C)(C)C)cc1. The van der Waals surface area contributed by atoms with Gasteiger partial charge in [-0.3, -0.25) is 4.79 Å². The van der Waals surface area contributed by atoms with Crippen molar-refractivity contribution in [2.24, 2.45) is 0 Å². The van der Waals surface area contributed by atoms with Gasteiger partial charge in [0.2, 0.25) is 0 Å². The molecular weight excluding hydrogens is 260 g/mol. The zero-order chi connectivity index (χ0) is 16.0. The third kappa shape index (κ3) is 5.07. The van der Waals surface area contributed by atoms with Crippen molar-refractivity contribution >= 4 is 12.0 Å². The Morgan fingerprint density at radius 1 is 1.33 bits per heavy atom. The number of nitrogens with zero attached hydrogens (tertiary/aromatic N) is 1. The Hall–Kier alpha value is -2.08. The Morgan fingerprint density at radius 2 is 1.90 bits per heavy atom. The summed E-state index contributed by atoms with van der Waals surface area (Å²) in [6.07, 6.45) is 2.47. The third-order valence-corrected chi connectivity index (χ3v) is 3.44. The summed E-state index contributed by atoms with van der Waals surface area (Å²) in [4.78, 5) is 12.0. The minimum atomic E-state index is -0.313. The number of nitrogens with one attached hydrogen (secondary N) is 1. The zero-order valence-electron chi connectivity index (χ0n) is 13.5. The largest absolute Gasteiger partial charge is 0.349 e. The van der Waals surface area contributed by atoms with E-state index in [9.17, 15) is 4.79 Å². The lowest BCUT2D eigenvalue weighted by Crippen LogP contribution is -2.32. The molecule has 0 saturated heterocycles. The van der Waals surface area contributed by atoms with E-state index in [-0.39, 0.29) is 22.9 Å². The van der Waals surface area contributed by atoms with Gasteiger partial charge < -0.3 is 5.32 Å². The lowest BCUT2D eigenvalue weighted by atomic mass is 9.86. The summed E-state index contributed by atoms with van der Waals surface area (Å²) in [6.45, 7) is 10.4. The minimum Gasteiger partial charge on any atom is -0.349 e. The second kappa shape index (κ2) is 7.08. The third-order valence-electron chi connectivity index (χ3n) is 3.44. The highest BCUT2D eigenvalue weighted by Gasteiger charge is 2.14. The van der Waals surface area contributed by atoms with Crippen LogP contribution in [0, 0.1) is 11.3 Å². The fourth-order valence-electron chi connectivity index (χ4n) is 1.80. The molecule has 0 spiro atoms. The number of carbonyl (C=O) groups is 1. The fourth-order valence-corrected chi connectivity index (χ4v) is 1.80. The summed E-state index contributed by atoms with van der Waals surface area (Å²) in [6, 6.07) is 9.99. The molecule has 3 heteroatoms. The molecule has 0 radical (unpaired) electrons. The van der Waals surface area contributed by atoms with Crippen LogP contribution < -0.4 is 5.32 Å². The van der Waals surface area contributed by atoms with Gasteiger partial charge in [-0.1, -0.05) is 52.0 Å². The Balaban J connectivity index is 2.94. The van der Waals surface area contributed by atoms with Gasteiger partial charge in [-0.25, -0.2) is 0 Å². The Morgan fingerprint density at radius 3 is 2.33 bits per heavy atom. The van der Waals surface area contributed by atoms with Gasteiger partial charge in [0.15, 0.2) is 0 Å². The van der Waals surface area contributed by atoms with Gasteiger partial charge >= 0.3 is 0 Å². The second-order valence-corrected chi connectivity index (χ2v) is 6.32. The van der Waals surface area contributed by atoms with Gasteiger partial charge in [-0.05, 0) is 36.0 Å². The predicted molar refractivity (Wildman–Crippen MR) is 86.6 cm³/mol. The number of carbonyl (C=O) groups excluding carboxylic acids is 1. The van der Waals surface area contributed by atoms with Gasteiger partial charge in [-0.2, -0.15) is 5.26 Å². The smallest absolute Gasteiger partial charge is 0.262 e. The molecular formula is C18H24N2O.